The third-order valence-corrected chi connectivity index (χ3v) is 4.43. The van der Waals surface area contributed by atoms with Gasteiger partial charge >= 0.3 is 0 Å². The molecule has 0 saturated carbocycles. The van der Waals surface area contributed by atoms with Gasteiger partial charge in [-0.2, -0.15) is 0 Å². The van der Waals surface area contributed by atoms with Gasteiger partial charge in [-0.3, -0.25) is 9.89 Å². The van der Waals surface area contributed by atoms with Crippen LogP contribution in [0.2, 0.25) is 5.02 Å². The van der Waals surface area contributed by atoms with Crippen LogP contribution in [0.1, 0.15) is 11.4 Å². The Morgan fingerprint density at radius 3 is 2.85 bits per heavy atom. The van der Waals surface area contributed by atoms with E-state index in [1.807, 2.05) is 31.2 Å². The molecule has 26 heavy (non-hydrogen) atoms. The summed E-state index contributed by atoms with van der Waals surface area (Å²) in [6, 6.07) is 14.7. The van der Waals surface area contributed by atoms with Gasteiger partial charge in [-0.05, 0) is 48.9 Å². The van der Waals surface area contributed by atoms with E-state index in [9.17, 15) is 4.79 Å². The van der Waals surface area contributed by atoms with Gasteiger partial charge in [0.15, 0.2) is 5.82 Å². The molecule has 0 aliphatic heterocycles. The van der Waals surface area contributed by atoms with Crippen LogP contribution in [-0.4, -0.2) is 26.8 Å². The number of carbonyl (C=O) groups is 1. The molecule has 6 nitrogen and oxygen atoms in total. The predicted octanol–water partition coefficient (Wildman–Crippen LogP) is 4.08. The van der Waals surface area contributed by atoms with Crippen molar-refractivity contribution in [3.63, 3.8) is 0 Å². The Hall–Kier alpha value is -2.51. The molecular formula is C18H17ClN4O2S. The predicted molar refractivity (Wildman–Crippen MR) is 103 cm³/mol. The molecule has 0 atom stereocenters. The first-order valence-electron chi connectivity index (χ1n) is 7.87. The van der Waals surface area contributed by atoms with Crippen LogP contribution in [0, 0.1) is 6.92 Å². The number of anilines is 1. The second-order valence-electron chi connectivity index (χ2n) is 5.51. The second kappa shape index (κ2) is 8.73. The summed E-state index contributed by atoms with van der Waals surface area (Å²) in [5.74, 6) is 1.40. The summed E-state index contributed by atoms with van der Waals surface area (Å²) in [5.41, 5.74) is 1.87. The number of hydrogen-bond donors (Lipinski definition) is 2. The SMILES string of the molecule is Cc1cccc(NC(=O)CSc2n[nH]c(COc3ccc(Cl)cc3)n2)c1. The lowest BCUT2D eigenvalue weighted by molar-refractivity contribution is -0.113. The van der Waals surface area contributed by atoms with Gasteiger partial charge < -0.3 is 10.1 Å². The molecule has 0 spiro atoms. The van der Waals surface area contributed by atoms with Crippen molar-refractivity contribution in [3.05, 3.63) is 64.9 Å². The van der Waals surface area contributed by atoms with Gasteiger partial charge in [-0.25, -0.2) is 4.98 Å². The van der Waals surface area contributed by atoms with Gasteiger partial charge in [0.1, 0.15) is 12.4 Å². The third kappa shape index (κ3) is 5.50. The number of ether oxygens (including phenoxy) is 1. The van der Waals surface area contributed by atoms with E-state index in [1.165, 1.54) is 11.8 Å². The van der Waals surface area contributed by atoms with Crippen LogP contribution in [0.3, 0.4) is 0 Å². The van der Waals surface area contributed by atoms with Crippen LogP contribution in [0.15, 0.2) is 53.7 Å². The first-order chi connectivity index (χ1) is 12.6. The van der Waals surface area contributed by atoms with Gasteiger partial charge in [-0.15, -0.1) is 5.10 Å². The van der Waals surface area contributed by atoms with Gasteiger partial charge in [-0.1, -0.05) is 35.5 Å². The van der Waals surface area contributed by atoms with Crippen molar-refractivity contribution in [2.45, 2.75) is 18.7 Å². The minimum Gasteiger partial charge on any atom is -0.486 e. The normalized spacial score (nSPS) is 10.5. The van der Waals surface area contributed by atoms with Crippen molar-refractivity contribution in [2.24, 2.45) is 0 Å². The quantitative estimate of drug-likeness (QED) is 0.596. The highest BCUT2D eigenvalue weighted by Crippen LogP contribution is 2.18. The molecule has 0 unspecified atom stereocenters. The first kappa shape index (κ1) is 18.3. The molecule has 0 radical (unpaired) electrons. The van der Waals surface area contributed by atoms with Gasteiger partial charge in [0.25, 0.3) is 0 Å². The Bertz CT molecular complexity index is 883. The molecule has 0 saturated heterocycles. The van der Waals surface area contributed by atoms with E-state index in [0.29, 0.717) is 21.8 Å². The molecule has 1 heterocycles. The molecule has 1 aromatic heterocycles. The topological polar surface area (TPSA) is 79.9 Å². The number of H-pyrrole nitrogens is 1. The van der Waals surface area contributed by atoms with Crippen LogP contribution in [0.4, 0.5) is 5.69 Å². The smallest absolute Gasteiger partial charge is 0.234 e. The number of hydrogen-bond acceptors (Lipinski definition) is 5. The standard InChI is InChI=1S/C18H17ClN4O2S/c1-12-3-2-4-14(9-12)20-17(24)11-26-18-21-16(22-23-18)10-25-15-7-5-13(19)6-8-15/h2-9H,10-11H2,1H3,(H,20,24)(H,21,22,23). The lowest BCUT2D eigenvalue weighted by atomic mass is 10.2. The number of rotatable bonds is 7. The van der Waals surface area contributed by atoms with Crippen LogP contribution in [0.5, 0.6) is 5.75 Å². The molecule has 1 amide bonds. The Kier molecular flexibility index (Phi) is 6.14. The summed E-state index contributed by atoms with van der Waals surface area (Å²) in [6.07, 6.45) is 0. The van der Waals surface area contributed by atoms with Crippen LogP contribution < -0.4 is 10.1 Å². The monoisotopic (exact) mass is 388 g/mol. The van der Waals surface area contributed by atoms with E-state index >= 15 is 0 Å². The van der Waals surface area contributed by atoms with E-state index in [4.69, 9.17) is 16.3 Å². The van der Waals surface area contributed by atoms with Gasteiger partial charge in [0.05, 0.1) is 5.75 Å². The third-order valence-electron chi connectivity index (χ3n) is 3.33. The molecule has 8 heteroatoms. The number of nitrogens with zero attached hydrogens (tertiary/aromatic N) is 2. The molecule has 0 aliphatic rings. The lowest BCUT2D eigenvalue weighted by Gasteiger charge is -2.04. The fourth-order valence-electron chi connectivity index (χ4n) is 2.14. The largest absolute Gasteiger partial charge is 0.486 e. The maximum Gasteiger partial charge on any atom is 0.234 e. The highest BCUT2D eigenvalue weighted by atomic mass is 35.5. The van der Waals surface area contributed by atoms with Crippen molar-refractivity contribution in [1.82, 2.24) is 15.2 Å². The fraction of sp³-hybridized carbons (Fsp3) is 0.167. The molecule has 134 valence electrons. The van der Waals surface area contributed by atoms with E-state index in [2.05, 4.69) is 20.5 Å². The Labute approximate surface area is 160 Å². The molecule has 2 aromatic carbocycles. The Morgan fingerprint density at radius 1 is 1.27 bits per heavy atom. The average molecular weight is 389 g/mol. The van der Waals surface area contributed by atoms with Crippen LogP contribution >= 0.6 is 23.4 Å². The molecule has 3 rings (SSSR count). The van der Waals surface area contributed by atoms with Crippen molar-refractivity contribution in [3.8, 4) is 5.75 Å². The van der Waals surface area contributed by atoms with Gasteiger partial charge in [0.2, 0.25) is 11.1 Å². The molecule has 0 fully saturated rings. The molecule has 2 N–H and O–H groups in total. The summed E-state index contributed by atoms with van der Waals surface area (Å²) in [5, 5.41) is 10.9. The maximum absolute atomic E-state index is 12.0. The highest BCUT2D eigenvalue weighted by Gasteiger charge is 2.09. The van der Waals surface area contributed by atoms with Crippen LogP contribution in [0.25, 0.3) is 0 Å². The van der Waals surface area contributed by atoms with Crippen LogP contribution in [-0.2, 0) is 11.4 Å². The number of halogens is 1. The number of nitrogens with one attached hydrogen (secondary N) is 2. The zero-order valence-corrected chi connectivity index (χ0v) is 15.6. The number of aryl methyl sites for hydroxylation is 1. The number of benzene rings is 2. The summed E-state index contributed by atoms with van der Waals surface area (Å²) < 4.78 is 5.60. The van der Waals surface area contributed by atoms with Crippen molar-refractivity contribution >= 4 is 35.0 Å². The Morgan fingerprint density at radius 2 is 2.08 bits per heavy atom. The maximum atomic E-state index is 12.0. The fourth-order valence-corrected chi connectivity index (χ4v) is 2.88. The zero-order valence-electron chi connectivity index (χ0n) is 14.0. The number of aromatic nitrogens is 3. The van der Waals surface area contributed by atoms with E-state index < -0.39 is 0 Å². The average Bonchev–Trinajstić information content (AvgIpc) is 3.07. The summed E-state index contributed by atoms with van der Waals surface area (Å²) in [6.45, 7) is 2.23. The summed E-state index contributed by atoms with van der Waals surface area (Å²) >= 11 is 7.09. The highest BCUT2D eigenvalue weighted by molar-refractivity contribution is 7.99. The minimum absolute atomic E-state index is 0.107. The number of thioether (sulfide) groups is 1. The van der Waals surface area contributed by atoms with E-state index in [1.54, 1.807) is 24.3 Å². The molecule has 0 aliphatic carbocycles. The second-order valence-corrected chi connectivity index (χ2v) is 6.89. The summed E-state index contributed by atoms with van der Waals surface area (Å²) in [4.78, 5) is 16.3. The Balaban J connectivity index is 1.45. The number of carbonyl (C=O) groups excluding carboxylic acids is 1. The van der Waals surface area contributed by atoms with Crippen molar-refractivity contribution in [1.29, 1.82) is 0 Å². The van der Waals surface area contributed by atoms with E-state index in [0.717, 1.165) is 11.3 Å². The van der Waals surface area contributed by atoms with Crippen molar-refractivity contribution < 1.29 is 9.53 Å². The molecule has 0 bridgehead atoms. The van der Waals surface area contributed by atoms with Crippen molar-refractivity contribution in [2.75, 3.05) is 11.1 Å². The first-order valence-corrected chi connectivity index (χ1v) is 9.24. The lowest BCUT2D eigenvalue weighted by Crippen LogP contribution is -2.14. The minimum atomic E-state index is -0.107. The van der Waals surface area contributed by atoms with Gasteiger partial charge in [0, 0.05) is 10.7 Å². The molecular weight excluding hydrogens is 372 g/mol. The number of aromatic amines is 1. The molecule has 3 aromatic rings. The zero-order chi connectivity index (χ0) is 18.4. The summed E-state index contributed by atoms with van der Waals surface area (Å²) in [7, 11) is 0. The van der Waals surface area contributed by atoms with E-state index in [-0.39, 0.29) is 18.3 Å². The number of amides is 1.